The van der Waals surface area contributed by atoms with Crippen LogP contribution in [0.5, 0.6) is 0 Å². The van der Waals surface area contributed by atoms with E-state index >= 15 is 0 Å². The van der Waals surface area contributed by atoms with Gasteiger partial charge in [-0.2, -0.15) is 0 Å². The first-order valence-electron chi connectivity index (χ1n) is 3.81. The second-order valence-electron chi connectivity index (χ2n) is 3.40. The molecule has 0 aromatic heterocycles. The molecule has 5 heteroatoms. The Hall–Kier alpha value is -0.740. The van der Waals surface area contributed by atoms with E-state index in [2.05, 4.69) is 0 Å². The van der Waals surface area contributed by atoms with Crippen molar-refractivity contribution in [1.82, 2.24) is 0 Å². The summed E-state index contributed by atoms with van der Waals surface area (Å²) in [6.45, 7) is 2.29. The first-order valence-corrected chi connectivity index (χ1v) is 4.18. The minimum absolute atomic E-state index is 0.529. The summed E-state index contributed by atoms with van der Waals surface area (Å²) in [5.74, 6) is -3.84. The van der Waals surface area contributed by atoms with E-state index in [-0.39, 0.29) is 0 Å². The third-order valence-corrected chi connectivity index (χ3v) is 2.00. The standard InChI is InChI=1S/C9H8ClF3O/c1-9(2,14)6-7(12)4(10)3-5(11)8(6)13/h3,14H,1-2H3. The summed E-state index contributed by atoms with van der Waals surface area (Å²) in [5.41, 5.74) is -2.58. The lowest BCUT2D eigenvalue weighted by molar-refractivity contribution is 0.0693. The molecular formula is C9H8ClF3O. The molecule has 0 spiro atoms. The summed E-state index contributed by atoms with van der Waals surface area (Å²) < 4.78 is 39.2. The smallest absolute Gasteiger partial charge is 0.167 e. The van der Waals surface area contributed by atoms with Gasteiger partial charge in [-0.3, -0.25) is 0 Å². The average Bonchev–Trinajstić information content (AvgIpc) is 1.98. The Bertz CT molecular complexity index is 345. The van der Waals surface area contributed by atoms with Gasteiger partial charge in [-0.15, -0.1) is 0 Å². The highest BCUT2D eigenvalue weighted by atomic mass is 35.5. The van der Waals surface area contributed by atoms with Crippen molar-refractivity contribution >= 4 is 11.6 Å². The van der Waals surface area contributed by atoms with Gasteiger partial charge in [0.1, 0.15) is 0 Å². The summed E-state index contributed by atoms with van der Waals surface area (Å²) in [6, 6.07) is 0.529. The minimum Gasteiger partial charge on any atom is -0.386 e. The fraction of sp³-hybridized carbons (Fsp3) is 0.333. The van der Waals surface area contributed by atoms with Crippen molar-refractivity contribution in [2.75, 3.05) is 0 Å². The molecule has 78 valence electrons. The van der Waals surface area contributed by atoms with E-state index in [0.717, 1.165) is 13.8 Å². The molecule has 1 nitrogen and oxygen atoms in total. The number of aliphatic hydroxyl groups is 1. The molecule has 0 saturated heterocycles. The highest BCUT2D eigenvalue weighted by molar-refractivity contribution is 6.30. The van der Waals surface area contributed by atoms with Crippen molar-refractivity contribution in [3.63, 3.8) is 0 Å². The quantitative estimate of drug-likeness (QED) is 0.727. The molecule has 1 N–H and O–H groups in total. The van der Waals surface area contributed by atoms with E-state index in [4.69, 9.17) is 11.6 Å². The van der Waals surface area contributed by atoms with Crippen LogP contribution in [0.25, 0.3) is 0 Å². The highest BCUT2D eigenvalue weighted by Crippen LogP contribution is 2.31. The van der Waals surface area contributed by atoms with Crippen LogP contribution in [-0.2, 0) is 5.60 Å². The van der Waals surface area contributed by atoms with E-state index in [1.807, 2.05) is 0 Å². The zero-order valence-electron chi connectivity index (χ0n) is 7.54. The predicted octanol–water partition coefficient (Wildman–Crippen LogP) is 2.98. The molecule has 0 aliphatic heterocycles. The van der Waals surface area contributed by atoms with E-state index < -0.39 is 33.6 Å². The molecule has 1 aromatic rings. The van der Waals surface area contributed by atoms with E-state index in [0.29, 0.717) is 6.07 Å². The Morgan fingerprint density at radius 1 is 1.21 bits per heavy atom. The largest absolute Gasteiger partial charge is 0.386 e. The average molecular weight is 225 g/mol. The third-order valence-electron chi connectivity index (χ3n) is 1.72. The van der Waals surface area contributed by atoms with Gasteiger partial charge in [0.15, 0.2) is 17.5 Å². The summed E-state index contributed by atoms with van der Waals surface area (Å²) in [6.07, 6.45) is 0. The fourth-order valence-corrected chi connectivity index (χ4v) is 1.30. The molecule has 14 heavy (non-hydrogen) atoms. The van der Waals surface area contributed by atoms with E-state index in [1.54, 1.807) is 0 Å². The second kappa shape index (κ2) is 3.44. The number of hydrogen-bond donors (Lipinski definition) is 1. The molecule has 0 aliphatic rings. The van der Waals surface area contributed by atoms with Gasteiger partial charge in [0.25, 0.3) is 0 Å². The van der Waals surface area contributed by atoms with Crippen LogP contribution in [0, 0.1) is 17.5 Å². The van der Waals surface area contributed by atoms with Crippen LogP contribution in [0.3, 0.4) is 0 Å². The van der Waals surface area contributed by atoms with Crippen LogP contribution in [0.2, 0.25) is 5.02 Å². The SMILES string of the molecule is CC(C)(O)c1c(F)c(F)cc(Cl)c1F. The number of rotatable bonds is 1. The number of halogens is 4. The fourth-order valence-electron chi connectivity index (χ4n) is 1.11. The Kier molecular flexibility index (Phi) is 2.78. The summed E-state index contributed by atoms with van der Waals surface area (Å²) >= 11 is 5.30. The number of hydrogen-bond acceptors (Lipinski definition) is 1. The van der Waals surface area contributed by atoms with Gasteiger partial charge < -0.3 is 5.11 Å². The lowest BCUT2D eigenvalue weighted by Crippen LogP contribution is -2.21. The Labute approximate surface area is 84.1 Å². The van der Waals surface area contributed by atoms with Crippen LogP contribution in [-0.4, -0.2) is 5.11 Å². The van der Waals surface area contributed by atoms with Gasteiger partial charge in [-0.05, 0) is 19.9 Å². The van der Waals surface area contributed by atoms with Gasteiger partial charge >= 0.3 is 0 Å². The molecule has 0 saturated carbocycles. The molecule has 0 aliphatic carbocycles. The molecule has 0 heterocycles. The first kappa shape index (κ1) is 11.3. The zero-order valence-corrected chi connectivity index (χ0v) is 8.29. The lowest BCUT2D eigenvalue weighted by Gasteiger charge is -2.19. The highest BCUT2D eigenvalue weighted by Gasteiger charge is 2.29. The molecular weight excluding hydrogens is 217 g/mol. The van der Waals surface area contributed by atoms with Gasteiger partial charge in [0.2, 0.25) is 0 Å². The molecule has 0 bridgehead atoms. The summed E-state index contributed by atoms with van der Waals surface area (Å²) in [4.78, 5) is 0. The van der Waals surface area contributed by atoms with E-state index in [1.165, 1.54) is 0 Å². The van der Waals surface area contributed by atoms with Crippen molar-refractivity contribution in [2.45, 2.75) is 19.4 Å². The summed E-state index contributed by atoms with van der Waals surface area (Å²) in [5, 5.41) is 8.84. The Balaban J connectivity index is 3.56. The van der Waals surface area contributed by atoms with Crippen molar-refractivity contribution in [3.05, 3.63) is 34.1 Å². The summed E-state index contributed by atoms with van der Waals surface area (Å²) in [7, 11) is 0. The number of benzene rings is 1. The van der Waals surface area contributed by atoms with Crippen molar-refractivity contribution < 1.29 is 18.3 Å². The van der Waals surface area contributed by atoms with Crippen molar-refractivity contribution in [1.29, 1.82) is 0 Å². The molecule has 0 fully saturated rings. The van der Waals surface area contributed by atoms with Crippen LogP contribution in [0.1, 0.15) is 19.4 Å². The topological polar surface area (TPSA) is 20.2 Å². The van der Waals surface area contributed by atoms with Gasteiger partial charge in [0.05, 0.1) is 16.2 Å². The molecule has 1 rings (SSSR count). The molecule has 0 radical (unpaired) electrons. The van der Waals surface area contributed by atoms with Crippen LogP contribution >= 0.6 is 11.6 Å². The molecule has 0 amide bonds. The molecule has 1 aromatic carbocycles. The van der Waals surface area contributed by atoms with Gasteiger partial charge in [-0.1, -0.05) is 11.6 Å². The molecule has 0 unspecified atom stereocenters. The van der Waals surface area contributed by atoms with Crippen LogP contribution < -0.4 is 0 Å². The lowest BCUT2D eigenvalue weighted by atomic mass is 9.97. The van der Waals surface area contributed by atoms with Crippen molar-refractivity contribution in [3.8, 4) is 0 Å². The Morgan fingerprint density at radius 3 is 2.14 bits per heavy atom. The second-order valence-corrected chi connectivity index (χ2v) is 3.81. The Morgan fingerprint density at radius 2 is 1.71 bits per heavy atom. The maximum Gasteiger partial charge on any atom is 0.167 e. The third kappa shape index (κ3) is 1.86. The van der Waals surface area contributed by atoms with E-state index in [9.17, 15) is 18.3 Å². The normalized spacial score (nSPS) is 11.9. The van der Waals surface area contributed by atoms with Crippen LogP contribution in [0.4, 0.5) is 13.2 Å². The predicted molar refractivity (Wildman–Crippen MR) is 46.6 cm³/mol. The minimum atomic E-state index is -1.82. The zero-order chi connectivity index (χ0) is 11.1. The monoisotopic (exact) mass is 224 g/mol. The maximum absolute atomic E-state index is 13.2. The van der Waals surface area contributed by atoms with Crippen LogP contribution in [0.15, 0.2) is 6.07 Å². The molecule has 0 atom stereocenters. The first-order chi connectivity index (χ1) is 6.25. The maximum atomic E-state index is 13.2. The van der Waals surface area contributed by atoms with Gasteiger partial charge in [-0.25, -0.2) is 13.2 Å². The van der Waals surface area contributed by atoms with Gasteiger partial charge in [0, 0.05) is 0 Å². The van der Waals surface area contributed by atoms with Crippen molar-refractivity contribution in [2.24, 2.45) is 0 Å².